The van der Waals surface area contributed by atoms with Gasteiger partial charge in [0.2, 0.25) is 0 Å². The van der Waals surface area contributed by atoms with Crippen molar-refractivity contribution in [1.29, 1.82) is 0 Å². The maximum atomic E-state index is 5.28. The highest BCUT2D eigenvalue weighted by atomic mass is 16.3. The Balaban J connectivity index is 1.53. The summed E-state index contributed by atoms with van der Waals surface area (Å²) in [4.78, 5) is 12.8. The average Bonchev–Trinajstić information content (AvgIpc) is 3.54. The second-order valence-electron chi connectivity index (χ2n) is 7.38. The molecule has 0 fully saturated rings. The van der Waals surface area contributed by atoms with E-state index in [1.165, 1.54) is 0 Å². The lowest BCUT2D eigenvalue weighted by Gasteiger charge is -2.03. The molecular weight excluding hydrogens is 376 g/mol. The SMILES string of the molecule is Cc1ncc(-c2ccc3[nH]nc(-c4cc5c(-c6ccoc6)cccc5[nH]4)c3n2)n1C. The van der Waals surface area contributed by atoms with Gasteiger partial charge in [0.15, 0.2) is 0 Å². The van der Waals surface area contributed by atoms with Gasteiger partial charge in [-0.05, 0) is 42.8 Å². The minimum atomic E-state index is 0.792. The molecule has 0 aliphatic rings. The molecule has 30 heavy (non-hydrogen) atoms. The van der Waals surface area contributed by atoms with Crippen LogP contribution in [0.2, 0.25) is 0 Å². The van der Waals surface area contributed by atoms with E-state index in [2.05, 4.69) is 38.4 Å². The van der Waals surface area contributed by atoms with E-state index in [9.17, 15) is 0 Å². The van der Waals surface area contributed by atoms with Crippen LogP contribution < -0.4 is 0 Å². The lowest BCUT2D eigenvalue weighted by atomic mass is 10.0. The number of hydrogen-bond donors (Lipinski definition) is 2. The monoisotopic (exact) mass is 394 g/mol. The number of imidazole rings is 1. The molecule has 146 valence electrons. The third kappa shape index (κ3) is 2.42. The summed E-state index contributed by atoms with van der Waals surface area (Å²) in [5.41, 5.74) is 8.46. The normalized spacial score (nSPS) is 11.7. The molecule has 6 rings (SSSR count). The van der Waals surface area contributed by atoms with Crippen LogP contribution in [0, 0.1) is 6.92 Å². The fraction of sp³-hybridized carbons (Fsp3) is 0.0870. The number of hydrogen-bond acceptors (Lipinski definition) is 4. The summed E-state index contributed by atoms with van der Waals surface area (Å²) in [7, 11) is 1.99. The number of furan rings is 1. The Hall–Kier alpha value is -4.13. The van der Waals surface area contributed by atoms with Crippen LogP contribution in [0.3, 0.4) is 0 Å². The van der Waals surface area contributed by atoms with Crippen molar-refractivity contribution in [2.24, 2.45) is 7.05 Å². The fourth-order valence-corrected chi connectivity index (χ4v) is 3.92. The van der Waals surface area contributed by atoms with Crippen LogP contribution in [0.1, 0.15) is 5.82 Å². The Morgan fingerprint density at radius 3 is 2.80 bits per heavy atom. The molecule has 0 aliphatic heterocycles. The van der Waals surface area contributed by atoms with Crippen molar-refractivity contribution < 1.29 is 4.42 Å². The van der Waals surface area contributed by atoms with Gasteiger partial charge in [-0.2, -0.15) is 5.10 Å². The van der Waals surface area contributed by atoms with Gasteiger partial charge in [-0.15, -0.1) is 0 Å². The number of benzene rings is 1. The lowest BCUT2D eigenvalue weighted by Crippen LogP contribution is -1.96. The number of fused-ring (bicyclic) bond motifs is 2. The molecule has 0 atom stereocenters. The number of nitrogens with zero attached hydrogens (tertiary/aromatic N) is 4. The van der Waals surface area contributed by atoms with Gasteiger partial charge in [0.05, 0.1) is 41.3 Å². The van der Waals surface area contributed by atoms with Crippen molar-refractivity contribution in [3.05, 3.63) is 67.0 Å². The van der Waals surface area contributed by atoms with E-state index >= 15 is 0 Å². The molecule has 0 spiro atoms. The number of H-pyrrole nitrogens is 2. The van der Waals surface area contributed by atoms with Crippen molar-refractivity contribution >= 4 is 21.9 Å². The second kappa shape index (κ2) is 6.18. The first-order valence-electron chi connectivity index (χ1n) is 9.67. The zero-order chi connectivity index (χ0) is 20.2. The summed E-state index contributed by atoms with van der Waals surface area (Å²) in [6.45, 7) is 1.98. The highest BCUT2D eigenvalue weighted by Gasteiger charge is 2.16. The maximum Gasteiger partial charge on any atom is 0.135 e. The number of aryl methyl sites for hydroxylation is 1. The number of nitrogens with one attached hydrogen (secondary N) is 2. The molecule has 0 bridgehead atoms. The van der Waals surface area contributed by atoms with Crippen molar-refractivity contribution in [2.45, 2.75) is 6.92 Å². The van der Waals surface area contributed by atoms with E-state index in [0.717, 1.165) is 61.7 Å². The van der Waals surface area contributed by atoms with E-state index in [1.54, 1.807) is 12.5 Å². The number of pyridine rings is 1. The molecule has 5 aromatic heterocycles. The first-order chi connectivity index (χ1) is 14.7. The van der Waals surface area contributed by atoms with E-state index in [1.807, 2.05) is 49.0 Å². The highest BCUT2D eigenvalue weighted by molar-refractivity contribution is 6.00. The van der Waals surface area contributed by atoms with Crippen LogP contribution in [0.25, 0.3) is 55.8 Å². The molecule has 0 saturated carbocycles. The number of rotatable bonds is 3. The Morgan fingerprint density at radius 2 is 2.00 bits per heavy atom. The van der Waals surface area contributed by atoms with Crippen LogP contribution in [0.4, 0.5) is 0 Å². The Morgan fingerprint density at radius 1 is 1.07 bits per heavy atom. The van der Waals surface area contributed by atoms with Gasteiger partial charge < -0.3 is 14.0 Å². The summed E-state index contributed by atoms with van der Waals surface area (Å²) in [6.07, 6.45) is 5.30. The van der Waals surface area contributed by atoms with Crippen LogP contribution in [0.15, 0.2) is 65.6 Å². The second-order valence-corrected chi connectivity index (χ2v) is 7.38. The number of aromatic nitrogens is 6. The molecule has 7 heteroatoms. The van der Waals surface area contributed by atoms with Gasteiger partial charge in [-0.1, -0.05) is 12.1 Å². The van der Waals surface area contributed by atoms with Gasteiger partial charge in [-0.3, -0.25) is 5.10 Å². The smallest absolute Gasteiger partial charge is 0.135 e. The Kier molecular flexibility index (Phi) is 3.46. The quantitative estimate of drug-likeness (QED) is 0.438. The van der Waals surface area contributed by atoms with E-state index in [0.29, 0.717) is 0 Å². The molecular formula is C23H18N6O. The molecule has 0 aliphatic carbocycles. The van der Waals surface area contributed by atoms with Gasteiger partial charge >= 0.3 is 0 Å². The third-order valence-corrected chi connectivity index (χ3v) is 5.64. The zero-order valence-electron chi connectivity index (χ0n) is 16.5. The predicted octanol–water partition coefficient (Wildman–Crippen LogP) is 5.08. The zero-order valence-corrected chi connectivity index (χ0v) is 16.5. The molecule has 1 aromatic carbocycles. The molecule has 0 amide bonds. The molecule has 0 radical (unpaired) electrons. The topological polar surface area (TPSA) is 88.3 Å². The fourth-order valence-electron chi connectivity index (χ4n) is 3.92. The van der Waals surface area contributed by atoms with Gasteiger partial charge in [0.25, 0.3) is 0 Å². The van der Waals surface area contributed by atoms with Crippen molar-refractivity contribution in [1.82, 2.24) is 29.7 Å². The molecule has 0 saturated heterocycles. The predicted molar refractivity (Wildman–Crippen MR) is 116 cm³/mol. The third-order valence-electron chi connectivity index (χ3n) is 5.64. The Labute approximate surface area is 171 Å². The minimum Gasteiger partial charge on any atom is -0.472 e. The van der Waals surface area contributed by atoms with Crippen LogP contribution in [-0.4, -0.2) is 29.7 Å². The summed E-state index contributed by atoms with van der Waals surface area (Å²) in [6, 6.07) is 14.3. The molecule has 6 aromatic rings. The van der Waals surface area contributed by atoms with E-state index in [-0.39, 0.29) is 0 Å². The largest absolute Gasteiger partial charge is 0.472 e. The van der Waals surface area contributed by atoms with Crippen LogP contribution >= 0.6 is 0 Å². The van der Waals surface area contributed by atoms with Crippen molar-refractivity contribution in [2.75, 3.05) is 0 Å². The summed E-state index contributed by atoms with van der Waals surface area (Å²) in [5.74, 6) is 0.946. The molecule has 7 nitrogen and oxygen atoms in total. The Bertz CT molecular complexity index is 1520. The van der Waals surface area contributed by atoms with Gasteiger partial charge in [0.1, 0.15) is 17.0 Å². The summed E-state index contributed by atoms with van der Waals surface area (Å²) in [5, 5.41) is 8.77. The average molecular weight is 394 g/mol. The van der Waals surface area contributed by atoms with Crippen LogP contribution in [-0.2, 0) is 7.05 Å². The van der Waals surface area contributed by atoms with E-state index in [4.69, 9.17) is 9.40 Å². The first-order valence-corrected chi connectivity index (χ1v) is 9.67. The van der Waals surface area contributed by atoms with Crippen LogP contribution in [0.5, 0.6) is 0 Å². The summed E-state index contributed by atoms with van der Waals surface area (Å²) >= 11 is 0. The maximum absolute atomic E-state index is 5.28. The van der Waals surface area contributed by atoms with Gasteiger partial charge in [0, 0.05) is 23.5 Å². The van der Waals surface area contributed by atoms with Gasteiger partial charge in [-0.25, -0.2) is 9.97 Å². The van der Waals surface area contributed by atoms with Crippen molar-refractivity contribution in [3.8, 4) is 33.9 Å². The molecule has 5 heterocycles. The highest BCUT2D eigenvalue weighted by Crippen LogP contribution is 2.34. The lowest BCUT2D eigenvalue weighted by molar-refractivity contribution is 0.568. The van der Waals surface area contributed by atoms with E-state index < -0.39 is 0 Å². The summed E-state index contributed by atoms with van der Waals surface area (Å²) < 4.78 is 7.31. The van der Waals surface area contributed by atoms with Crippen molar-refractivity contribution in [3.63, 3.8) is 0 Å². The molecule has 0 unspecified atom stereocenters. The first kappa shape index (κ1) is 16.8. The molecule has 2 N–H and O–H groups in total. The standard InChI is InChI=1S/C23H18N6O/c1-13-24-11-21(29(13)2)18-6-7-19-22(26-18)23(28-27-19)20-10-16-15(14-8-9-30-12-14)4-3-5-17(16)25-20/h3-12,25H,1-2H3,(H,27,28). The number of aromatic amines is 2. The minimum absolute atomic E-state index is 0.792.